The summed E-state index contributed by atoms with van der Waals surface area (Å²) in [4.78, 5) is 17.1. The van der Waals surface area contributed by atoms with Crippen molar-refractivity contribution in [2.45, 2.75) is 33.3 Å². The van der Waals surface area contributed by atoms with Crippen LogP contribution in [0.2, 0.25) is 0 Å². The summed E-state index contributed by atoms with van der Waals surface area (Å²) in [6, 6.07) is 18.0. The van der Waals surface area contributed by atoms with Crippen molar-refractivity contribution in [3.8, 4) is 17.0 Å². The van der Waals surface area contributed by atoms with E-state index in [2.05, 4.69) is 53.2 Å². The Balaban J connectivity index is 1.38. The Labute approximate surface area is 183 Å². The molecule has 1 aliphatic heterocycles. The zero-order chi connectivity index (χ0) is 21.8. The van der Waals surface area contributed by atoms with Gasteiger partial charge in [-0.05, 0) is 62.1 Å². The number of para-hydroxylation sites is 1. The minimum Gasteiger partial charge on any atom is -0.481 e. The number of aromatic amines is 1. The number of amides is 1. The van der Waals surface area contributed by atoms with Gasteiger partial charge < -0.3 is 14.5 Å². The summed E-state index contributed by atoms with van der Waals surface area (Å²) in [5.41, 5.74) is 4.70. The van der Waals surface area contributed by atoms with E-state index in [1.54, 1.807) is 0 Å². The summed E-state index contributed by atoms with van der Waals surface area (Å²) >= 11 is 0. The summed E-state index contributed by atoms with van der Waals surface area (Å²) in [6.07, 6.45) is 0.394. The Hall–Kier alpha value is -3.28. The maximum atomic E-state index is 12.9. The predicted molar refractivity (Wildman–Crippen MR) is 123 cm³/mol. The van der Waals surface area contributed by atoms with E-state index in [0.29, 0.717) is 6.54 Å². The number of aryl methyl sites for hydroxylation is 2. The first-order chi connectivity index (χ1) is 15.0. The molecule has 2 aromatic carbocycles. The predicted octanol–water partition coefficient (Wildman–Crippen LogP) is 4.20. The molecule has 4 rings (SSSR count). The zero-order valence-electron chi connectivity index (χ0n) is 18.5. The van der Waals surface area contributed by atoms with Crippen LogP contribution in [0.4, 0.5) is 5.82 Å². The first-order valence-electron chi connectivity index (χ1n) is 10.9. The fourth-order valence-electron chi connectivity index (χ4n) is 3.91. The molecule has 2 heterocycles. The molecule has 1 amide bonds. The van der Waals surface area contributed by atoms with Crippen molar-refractivity contribution >= 4 is 11.7 Å². The van der Waals surface area contributed by atoms with Crippen molar-refractivity contribution in [1.29, 1.82) is 0 Å². The molecular weight excluding hydrogens is 388 g/mol. The fourth-order valence-corrected chi connectivity index (χ4v) is 3.91. The van der Waals surface area contributed by atoms with Crippen LogP contribution in [-0.2, 0) is 4.79 Å². The second-order valence-corrected chi connectivity index (χ2v) is 8.18. The third kappa shape index (κ3) is 4.90. The van der Waals surface area contributed by atoms with E-state index in [4.69, 9.17) is 4.74 Å². The number of benzene rings is 2. The number of H-pyrrole nitrogens is 1. The number of hydrogen-bond acceptors (Lipinski definition) is 4. The molecule has 1 aromatic heterocycles. The molecule has 6 nitrogen and oxygen atoms in total. The van der Waals surface area contributed by atoms with Crippen LogP contribution in [0.5, 0.6) is 5.75 Å². The van der Waals surface area contributed by atoms with E-state index in [-0.39, 0.29) is 5.91 Å². The molecule has 31 heavy (non-hydrogen) atoms. The Morgan fingerprint density at radius 1 is 1.00 bits per heavy atom. The Morgan fingerprint density at radius 2 is 1.81 bits per heavy atom. The lowest BCUT2D eigenvalue weighted by molar-refractivity contribution is -0.137. The molecule has 0 saturated carbocycles. The number of aromatic nitrogens is 2. The quantitative estimate of drug-likeness (QED) is 0.675. The molecule has 1 aliphatic rings. The average Bonchev–Trinajstić information content (AvgIpc) is 3.14. The molecule has 1 atom stereocenters. The van der Waals surface area contributed by atoms with Crippen molar-refractivity contribution < 1.29 is 9.53 Å². The third-order valence-corrected chi connectivity index (χ3v) is 5.92. The summed E-state index contributed by atoms with van der Waals surface area (Å²) in [5.74, 6) is 1.68. The average molecular weight is 419 g/mol. The fraction of sp³-hybridized carbons (Fsp3) is 0.360. The third-order valence-electron chi connectivity index (χ3n) is 5.92. The highest BCUT2D eigenvalue weighted by atomic mass is 16.5. The van der Waals surface area contributed by atoms with Crippen LogP contribution in [0.1, 0.15) is 24.5 Å². The van der Waals surface area contributed by atoms with Gasteiger partial charge in [0.25, 0.3) is 5.91 Å². The lowest BCUT2D eigenvalue weighted by Crippen LogP contribution is -2.42. The number of carbonyl (C=O) groups excluding carboxylic acids is 1. The first-order valence-corrected chi connectivity index (χ1v) is 10.9. The molecule has 0 spiro atoms. The van der Waals surface area contributed by atoms with Gasteiger partial charge in [-0.25, -0.2) is 0 Å². The van der Waals surface area contributed by atoms with Crippen LogP contribution in [0.3, 0.4) is 0 Å². The molecule has 0 unspecified atom stereocenters. The number of nitrogens with one attached hydrogen (secondary N) is 1. The van der Waals surface area contributed by atoms with Crippen LogP contribution < -0.4 is 9.64 Å². The van der Waals surface area contributed by atoms with Crippen molar-refractivity contribution in [1.82, 2.24) is 15.1 Å². The minimum absolute atomic E-state index is 0.0311. The largest absolute Gasteiger partial charge is 0.481 e. The first kappa shape index (κ1) is 21.0. The summed E-state index contributed by atoms with van der Waals surface area (Å²) < 4.78 is 5.83. The van der Waals surface area contributed by atoms with Gasteiger partial charge in [0.15, 0.2) is 11.9 Å². The van der Waals surface area contributed by atoms with Crippen molar-refractivity contribution in [2.24, 2.45) is 0 Å². The van der Waals surface area contributed by atoms with E-state index in [1.807, 2.05) is 42.2 Å². The zero-order valence-corrected chi connectivity index (χ0v) is 18.5. The van der Waals surface area contributed by atoms with E-state index in [1.165, 1.54) is 11.1 Å². The molecule has 1 fully saturated rings. The van der Waals surface area contributed by atoms with E-state index in [0.717, 1.165) is 48.9 Å². The SMILES string of the molecule is Cc1ccc(-c2cc(N3CCCN(C(=O)[C@@H](C)Oc4ccccc4)CC3)n[nH]2)cc1C. The number of hydrogen-bond donors (Lipinski definition) is 1. The second-order valence-electron chi connectivity index (χ2n) is 8.18. The van der Waals surface area contributed by atoms with Gasteiger partial charge in [-0.2, -0.15) is 5.10 Å². The highest BCUT2D eigenvalue weighted by Crippen LogP contribution is 2.25. The second kappa shape index (κ2) is 9.25. The summed E-state index contributed by atoms with van der Waals surface area (Å²) in [6.45, 7) is 9.07. The standard InChI is InChI=1S/C25H30N4O2/c1-18-10-11-21(16-19(18)2)23-17-24(27-26-23)28-12-7-13-29(15-14-28)25(30)20(3)31-22-8-5-4-6-9-22/h4-6,8-11,16-17,20H,7,12-15H2,1-3H3,(H,26,27)/t20-/m1/s1. The van der Waals surface area contributed by atoms with Crippen molar-refractivity contribution in [3.63, 3.8) is 0 Å². The van der Waals surface area contributed by atoms with E-state index >= 15 is 0 Å². The Kier molecular flexibility index (Phi) is 6.26. The van der Waals surface area contributed by atoms with Crippen LogP contribution >= 0.6 is 0 Å². The molecule has 0 bridgehead atoms. The monoisotopic (exact) mass is 418 g/mol. The van der Waals surface area contributed by atoms with Crippen LogP contribution in [0.25, 0.3) is 11.3 Å². The van der Waals surface area contributed by atoms with Gasteiger partial charge in [-0.15, -0.1) is 0 Å². The Morgan fingerprint density at radius 3 is 2.58 bits per heavy atom. The van der Waals surface area contributed by atoms with Crippen molar-refractivity contribution in [3.05, 3.63) is 65.7 Å². The minimum atomic E-state index is -0.504. The number of nitrogens with zero attached hydrogens (tertiary/aromatic N) is 3. The summed E-state index contributed by atoms with van der Waals surface area (Å²) in [5, 5.41) is 7.72. The Bertz CT molecular complexity index is 1030. The topological polar surface area (TPSA) is 61.5 Å². The van der Waals surface area contributed by atoms with Gasteiger partial charge in [0.05, 0.1) is 5.69 Å². The van der Waals surface area contributed by atoms with Gasteiger partial charge >= 0.3 is 0 Å². The highest BCUT2D eigenvalue weighted by Gasteiger charge is 2.25. The number of anilines is 1. The smallest absolute Gasteiger partial charge is 0.263 e. The van der Waals surface area contributed by atoms with Crippen LogP contribution in [-0.4, -0.2) is 53.3 Å². The summed E-state index contributed by atoms with van der Waals surface area (Å²) in [7, 11) is 0. The van der Waals surface area contributed by atoms with E-state index in [9.17, 15) is 4.79 Å². The molecule has 162 valence electrons. The molecule has 0 aliphatic carbocycles. The lowest BCUT2D eigenvalue weighted by atomic mass is 10.0. The van der Waals surface area contributed by atoms with Gasteiger partial charge in [-0.3, -0.25) is 9.89 Å². The van der Waals surface area contributed by atoms with Gasteiger partial charge in [0.2, 0.25) is 0 Å². The number of carbonyl (C=O) groups is 1. The molecule has 6 heteroatoms. The number of rotatable bonds is 5. The normalized spacial score (nSPS) is 15.5. The number of ether oxygens (including phenoxy) is 1. The van der Waals surface area contributed by atoms with Crippen LogP contribution in [0.15, 0.2) is 54.6 Å². The maximum Gasteiger partial charge on any atom is 0.263 e. The maximum absolute atomic E-state index is 12.9. The van der Waals surface area contributed by atoms with Gasteiger partial charge in [0.1, 0.15) is 5.75 Å². The highest BCUT2D eigenvalue weighted by molar-refractivity contribution is 5.81. The molecule has 3 aromatic rings. The molecular formula is C25H30N4O2. The molecule has 0 radical (unpaired) electrons. The lowest BCUT2D eigenvalue weighted by Gasteiger charge is -2.25. The van der Waals surface area contributed by atoms with Gasteiger partial charge in [-0.1, -0.05) is 30.3 Å². The molecule has 1 N–H and O–H groups in total. The van der Waals surface area contributed by atoms with E-state index < -0.39 is 6.10 Å². The van der Waals surface area contributed by atoms with Crippen molar-refractivity contribution in [2.75, 3.05) is 31.1 Å². The molecule has 1 saturated heterocycles. The van der Waals surface area contributed by atoms with Crippen LogP contribution in [0, 0.1) is 13.8 Å². The van der Waals surface area contributed by atoms with Gasteiger partial charge in [0, 0.05) is 32.2 Å².